The van der Waals surface area contributed by atoms with Gasteiger partial charge in [-0.25, -0.2) is 0 Å². The van der Waals surface area contributed by atoms with Gasteiger partial charge in [0, 0.05) is 32.7 Å². The molecule has 1 aliphatic rings. The van der Waals surface area contributed by atoms with E-state index in [1.54, 1.807) is 0 Å². The van der Waals surface area contributed by atoms with E-state index in [2.05, 4.69) is 19.2 Å². The molecule has 4 heteroatoms. The van der Waals surface area contributed by atoms with Crippen LogP contribution in [0, 0.1) is 17.8 Å². The zero-order chi connectivity index (χ0) is 10.2. The minimum Gasteiger partial charge on any atom is -0.678 e. The Kier molecular flexibility index (Phi) is 5.82. The molecule has 0 amide bonds. The summed E-state index contributed by atoms with van der Waals surface area (Å²) in [5.74, 6) is 1.42. The van der Waals surface area contributed by atoms with Crippen molar-refractivity contribution < 1.29 is 32.7 Å². The van der Waals surface area contributed by atoms with Crippen molar-refractivity contribution in [2.24, 2.45) is 17.8 Å². The number of thiocarbonyl (C=S) groups is 1. The smallest absolute Gasteiger partial charge is 0.0746 e. The first kappa shape index (κ1) is 15.1. The van der Waals surface area contributed by atoms with Crippen LogP contribution >= 0.6 is 12.2 Å². The topological polar surface area (TPSA) is 14.1 Å². The van der Waals surface area contributed by atoms with E-state index in [0.717, 1.165) is 11.5 Å². The van der Waals surface area contributed by atoms with Gasteiger partial charge >= 0.3 is 0 Å². The van der Waals surface area contributed by atoms with E-state index >= 15 is 0 Å². The zero-order valence-electron chi connectivity index (χ0n) is 9.45. The normalized spacial score (nSPS) is 27.4. The van der Waals surface area contributed by atoms with Crippen LogP contribution in [0.1, 0.15) is 27.7 Å². The van der Waals surface area contributed by atoms with E-state index < -0.39 is 0 Å². The molecule has 1 nitrogen and oxygen atoms in total. The summed E-state index contributed by atoms with van der Waals surface area (Å²) in [6, 6.07) is 0. The van der Waals surface area contributed by atoms with E-state index in [1.165, 1.54) is 0 Å². The molecule has 0 spiro atoms. The van der Waals surface area contributed by atoms with Gasteiger partial charge in [-0.2, -0.15) is 0 Å². The third kappa shape index (κ3) is 3.28. The van der Waals surface area contributed by atoms with E-state index in [9.17, 15) is 0 Å². The van der Waals surface area contributed by atoms with Crippen molar-refractivity contribution in [3.05, 3.63) is 5.32 Å². The molecule has 1 rings (SSSR count). The molecule has 0 saturated carbocycles. The molecule has 2 unspecified atom stereocenters. The van der Waals surface area contributed by atoms with E-state index in [-0.39, 0.29) is 43.9 Å². The van der Waals surface area contributed by atoms with Crippen molar-refractivity contribution >= 4 is 25.1 Å². The largest absolute Gasteiger partial charge is 0.678 e. The van der Waals surface area contributed by atoms with Crippen molar-refractivity contribution in [3.8, 4) is 0 Å². The monoisotopic (exact) mass is 283 g/mol. The number of nitrogens with zero attached hydrogens (tertiary/aromatic N) is 1. The van der Waals surface area contributed by atoms with Gasteiger partial charge in [-0.15, -0.1) is 18.8 Å². The van der Waals surface area contributed by atoms with Crippen LogP contribution in [0.15, 0.2) is 0 Å². The Hall–Kier alpha value is 1.06. The average Bonchev–Trinajstić information content (AvgIpc) is 2.28. The fourth-order valence-electron chi connectivity index (χ4n) is 2.05. The van der Waals surface area contributed by atoms with Gasteiger partial charge in [-0.05, 0) is 17.8 Å². The van der Waals surface area contributed by atoms with Gasteiger partial charge in [-0.3, -0.25) is 0 Å². The van der Waals surface area contributed by atoms with Crippen LogP contribution in [-0.2, 0) is 32.7 Å². The molecular formula is C10H17BNSY-. The molecule has 3 radical (unpaired) electrons. The van der Waals surface area contributed by atoms with Gasteiger partial charge in [0.15, 0.2) is 0 Å². The van der Waals surface area contributed by atoms with Crippen LogP contribution in [0.5, 0.6) is 0 Å². The van der Waals surface area contributed by atoms with Gasteiger partial charge in [0.05, 0.1) is 7.85 Å². The molecule has 1 aliphatic heterocycles. The molecule has 1 fully saturated rings. The fourth-order valence-corrected chi connectivity index (χ4v) is 2.60. The first-order chi connectivity index (χ1) is 5.84. The summed E-state index contributed by atoms with van der Waals surface area (Å²) in [5.41, 5.74) is 0. The van der Waals surface area contributed by atoms with E-state index in [0.29, 0.717) is 11.8 Å². The Morgan fingerprint density at radius 2 is 2.00 bits per heavy atom. The van der Waals surface area contributed by atoms with Crippen molar-refractivity contribution in [1.29, 1.82) is 0 Å². The molecule has 0 N–H and O–H groups in total. The van der Waals surface area contributed by atoms with Gasteiger partial charge in [0.2, 0.25) is 0 Å². The van der Waals surface area contributed by atoms with Gasteiger partial charge < -0.3 is 5.32 Å². The predicted molar refractivity (Wildman–Crippen MR) is 62.4 cm³/mol. The molecule has 0 aliphatic carbocycles. The Morgan fingerprint density at radius 1 is 1.50 bits per heavy atom. The van der Waals surface area contributed by atoms with Crippen molar-refractivity contribution in [2.75, 3.05) is 6.54 Å². The Balaban J connectivity index is 0.00000169. The summed E-state index contributed by atoms with van der Waals surface area (Å²) in [6.45, 7) is 9.38. The molecule has 14 heavy (non-hydrogen) atoms. The third-order valence-corrected chi connectivity index (χ3v) is 3.19. The molecule has 0 aromatic heterocycles. The molecule has 2 atom stereocenters. The first-order valence-corrected chi connectivity index (χ1v) is 5.25. The maximum Gasteiger partial charge on any atom is 0.0746 e. The van der Waals surface area contributed by atoms with Gasteiger partial charge in [-0.1, -0.05) is 38.0 Å². The van der Waals surface area contributed by atoms with Crippen LogP contribution in [0.2, 0.25) is 5.31 Å². The van der Waals surface area contributed by atoms with Crippen molar-refractivity contribution in [2.45, 2.75) is 33.0 Å². The van der Waals surface area contributed by atoms with Gasteiger partial charge in [0.25, 0.3) is 0 Å². The molecule has 0 aromatic rings. The third-order valence-electron chi connectivity index (χ3n) is 2.81. The van der Waals surface area contributed by atoms with Crippen molar-refractivity contribution in [3.63, 3.8) is 0 Å². The fraction of sp³-hybridized carbons (Fsp3) is 0.900. The standard InChI is InChI=1S/C10H18BNS.Y/c1-6(2)7-5-12-9(13)8(7)10(3,4)11;/h6-8H,5H2,1-4H3,(H,12,13);/p-1. The van der Waals surface area contributed by atoms with Gasteiger partial charge in [0.1, 0.15) is 0 Å². The second kappa shape index (κ2) is 5.41. The van der Waals surface area contributed by atoms with Crippen LogP contribution in [-0.4, -0.2) is 19.4 Å². The number of hydrogen-bond donors (Lipinski definition) is 0. The Bertz CT molecular complexity index is 213. The predicted octanol–water partition coefficient (Wildman–Crippen LogP) is 2.95. The summed E-state index contributed by atoms with van der Waals surface area (Å²) < 4.78 is 0. The summed E-state index contributed by atoms with van der Waals surface area (Å²) in [5, 5.41) is 4.11. The molecule has 1 heterocycles. The maximum absolute atomic E-state index is 6.11. The molecular weight excluding hydrogens is 266 g/mol. The van der Waals surface area contributed by atoms with Crippen molar-refractivity contribution in [1.82, 2.24) is 0 Å². The second-order valence-corrected chi connectivity index (χ2v) is 5.30. The summed E-state index contributed by atoms with van der Waals surface area (Å²) >= 11 is 5.24. The molecule has 0 aromatic carbocycles. The van der Waals surface area contributed by atoms with E-state index in [4.69, 9.17) is 20.1 Å². The van der Waals surface area contributed by atoms with E-state index in [1.807, 2.05) is 13.8 Å². The average molecular weight is 283 g/mol. The van der Waals surface area contributed by atoms with Crippen LogP contribution in [0.25, 0.3) is 5.32 Å². The minimum atomic E-state index is -0.230. The minimum absolute atomic E-state index is 0. The first-order valence-electron chi connectivity index (χ1n) is 4.84. The molecule has 1 saturated heterocycles. The molecule has 0 bridgehead atoms. The summed E-state index contributed by atoms with van der Waals surface area (Å²) in [7, 11) is 6.11. The zero-order valence-corrected chi connectivity index (χ0v) is 13.1. The second-order valence-electron chi connectivity index (χ2n) is 4.89. The number of rotatable bonds is 2. The van der Waals surface area contributed by atoms with Crippen LogP contribution in [0.4, 0.5) is 0 Å². The quantitative estimate of drug-likeness (QED) is 0.561. The SMILES string of the molecule is [B]C(C)(C)C1C(=S)[N-]CC1C(C)C.[Y]. The Labute approximate surface area is 119 Å². The summed E-state index contributed by atoms with van der Waals surface area (Å²) in [4.78, 5) is 0.825. The Morgan fingerprint density at radius 3 is 2.29 bits per heavy atom. The summed E-state index contributed by atoms with van der Waals surface area (Å²) in [6.07, 6.45) is 0. The van der Waals surface area contributed by atoms with Crippen LogP contribution < -0.4 is 0 Å². The maximum atomic E-state index is 6.11. The number of hydrogen-bond acceptors (Lipinski definition) is 1. The van der Waals surface area contributed by atoms with Crippen LogP contribution in [0.3, 0.4) is 0 Å². The molecule has 75 valence electrons.